The fourth-order valence-corrected chi connectivity index (χ4v) is 4.49. The maximum atomic E-state index is 15.4. The molecule has 1 heterocycles. The van der Waals surface area contributed by atoms with Gasteiger partial charge in [0.15, 0.2) is 11.6 Å². The van der Waals surface area contributed by atoms with Crippen LogP contribution in [0.15, 0.2) is 24.3 Å². The summed E-state index contributed by atoms with van der Waals surface area (Å²) in [7, 11) is 0. The molecule has 2 amide bonds. The SMILES string of the molecule is CC(CO)(CO)C(=O)NCc1c(-c2ccc(Cl)cc2N2CCN(CCC(F)(F)F)CC2)cc(C(N)=O)c(F)c1F. The van der Waals surface area contributed by atoms with Gasteiger partial charge in [0, 0.05) is 61.1 Å². The fraction of sp³-hybridized carbons (Fsp3) is 0.462. The number of piperazine rings is 1. The second kappa shape index (κ2) is 12.7. The topological polar surface area (TPSA) is 119 Å². The molecule has 0 unspecified atom stereocenters. The molecule has 1 saturated heterocycles. The van der Waals surface area contributed by atoms with Gasteiger partial charge in [-0.15, -0.1) is 0 Å². The quantitative estimate of drug-likeness (QED) is 0.315. The van der Waals surface area contributed by atoms with Crippen LogP contribution in [0.2, 0.25) is 5.02 Å². The van der Waals surface area contributed by atoms with E-state index in [0.29, 0.717) is 42.5 Å². The molecule has 0 atom stereocenters. The predicted molar refractivity (Wildman–Crippen MR) is 139 cm³/mol. The van der Waals surface area contributed by atoms with Crippen LogP contribution in [0.1, 0.15) is 29.3 Å². The van der Waals surface area contributed by atoms with E-state index in [4.69, 9.17) is 17.3 Å². The Kier molecular flexibility index (Phi) is 9.99. The van der Waals surface area contributed by atoms with Crippen LogP contribution in [0.25, 0.3) is 11.1 Å². The van der Waals surface area contributed by atoms with E-state index in [2.05, 4.69) is 5.32 Å². The Hall–Kier alpha value is -3.00. The number of nitrogens with zero attached hydrogens (tertiary/aromatic N) is 2. The van der Waals surface area contributed by atoms with Gasteiger partial charge in [-0.2, -0.15) is 13.2 Å². The summed E-state index contributed by atoms with van der Waals surface area (Å²) in [5.74, 6) is -5.00. The Morgan fingerprint density at radius 2 is 1.65 bits per heavy atom. The average Bonchev–Trinajstić information content (AvgIpc) is 2.91. The highest BCUT2D eigenvalue weighted by Crippen LogP contribution is 2.38. The largest absolute Gasteiger partial charge is 0.395 e. The summed E-state index contributed by atoms with van der Waals surface area (Å²) in [6, 6.07) is 5.63. The summed E-state index contributed by atoms with van der Waals surface area (Å²) >= 11 is 6.24. The summed E-state index contributed by atoms with van der Waals surface area (Å²) in [6.45, 7) is 0.332. The van der Waals surface area contributed by atoms with Gasteiger partial charge in [0.25, 0.3) is 5.91 Å². The van der Waals surface area contributed by atoms with Crippen LogP contribution < -0.4 is 16.0 Å². The van der Waals surface area contributed by atoms with E-state index in [-0.39, 0.29) is 17.7 Å². The molecule has 2 aromatic rings. The summed E-state index contributed by atoms with van der Waals surface area (Å²) in [6.07, 6.45) is -5.22. The van der Waals surface area contributed by atoms with Crippen molar-refractivity contribution in [2.24, 2.45) is 11.1 Å². The smallest absolute Gasteiger partial charge is 0.390 e. The highest BCUT2D eigenvalue weighted by Gasteiger charge is 2.33. The first-order valence-electron chi connectivity index (χ1n) is 12.4. The number of alkyl halides is 3. The average molecular weight is 593 g/mol. The van der Waals surface area contributed by atoms with Crippen molar-refractivity contribution in [3.63, 3.8) is 0 Å². The van der Waals surface area contributed by atoms with E-state index < -0.39 is 66.8 Å². The van der Waals surface area contributed by atoms with Crippen LogP contribution in [0.4, 0.5) is 27.6 Å². The number of aliphatic hydroxyl groups excluding tert-OH is 2. The monoisotopic (exact) mass is 592 g/mol. The Morgan fingerprint density at radius 1 is 1.02 bits per heavy atom. The first kappa shape index (κ1) is 31.5. The van der Waals surface area contributed by atoms with Gasteiger partial charge in [-0.25, -0.2) is 8.78 Å². The van der Waals surface area contributed by atoms with Gasteiger partial charge in [-0.1, -0.05) is 17.7 Å². The molecular formula is C26H30ClF5N4O4. The molecule has 0 aromatic heterocycles. The number of hydrogen-bond acceptors (Lipinski definition) is 6. The first-order valence-corrected chi connectivity index (χ1v) is 12.7. The number of benzene rings is 2. The lowest BCUT2D eigenvalue weighted by atomic mass is 9.91. The Labute approximate surface area is 232 Å². The number of aliphatic hydroxyl groups is 2. The first-order chi connectivity index (χ1) is 18.7. The molecule has 0 bridgehead atoms. The standard InChI is InChI=1S/C26H30ClF5N4O4/c1-25(13-37,14-38)24(40)34-12-19-17(11-18(23(33)39)21(28)22(19)29)16-3-2-15(27)10-20(16)36-8-6-35(7-9-36)5-4-26(30,31)32/h2-3,10-11,37-38H,4-9,12-14H2,1H3,(H2,33,39)(H,34,40). The molecule has 0 saturated carbocycles. The molecule has 40 heavy (non-hydrogen) atoms. The molecule has 2 aromatic carbocycles. The Bertz CT molecular complexity index is 1250. The molecule has 0 aliphatic carbocycles. The maximum absolute atomic E-state index is 15.4. The zero-order valence-corrected chi connectivity index (χ0v) is 22.4. The molecule has 5 N–H and O–H groups in total. The fourth-order valence-electron chi connectivity index (χ4n) is 4.32. The molecule has 14 heteroatoms. The van der Waals surface area contributed by atoms with E-state index in [1.807, 2.05) is 4.90 Å². The number of nitrogens with two attached hydrogens (primary N) is 1. The zero-order valence-electron chi connectivity index (χ0n) is 21.6. The van der Waals surface area contributed by atoms with Crippen molar-refractivity contribution in [2.45, 2.75) is 26.1 Å². The van der Waals surface area contributed by atoms with Crippen molar-refractivity contribution in [3.05, 3.63) is 52.0 Å². The highest BCUT2D eigenvalue weighted by molar-refractivity contribution is 6.31. The molecule has 220 valence electrons. The van der Waals surface area contributed by atoms with E-state index in [9.17, 15) is 37.4 Å². The lowest BCUT2D eigenvalue weighted by molar-refractivity contribution is -0.138. The number of amides is 2. The number of carbonyl (C=O) groups is 2. The minimum absolute atomic E-state index is 0.0221. The number of anilines is 1. The number of halogens is 6. The van der Waals surface area contributed by atoms with Gasteiger partial charge in [-0.05, 0) is 30.7 Å². The Balaban J connectivity index is 2.02. The van der Waals surface area contributed by atoms with E-state index >= 15 is 4.39 Å². The second-order valence-electron chi connectivity index (χ2n) is 9.86. The van der Waals surface area contributed by atoms with Gasteiger partial charge in [-0.3, -0.25) is 14.5 Å². The van der Waals surface area contributed by atoms with Crippen LogP contribution in [0.3, 0.4) is 0 Å². The maximum Gasteiger partial charge on any atom is 0.390 e. The van der Waals surface area contributed by atoms with Crippen molar-refractivity contribution in [1.29, 1.82) is 0 Å². The van der Waals surface area contributed by atoms with E-state index in [1.54, 1.807) is 11.0 Å². The molecule has 1 fully saturated rings. The molecule has 3 rings (SSSR count). The van der Waals surface area contributed by atoms with Crippen LogP contribution in [0.5, 0.6) is 0 Å². The minimum Gasteiger partial charge on any atom is -0.395 e. The van der Waals surface area contributed by atoms with Crippen molar-refractivity contribution >= 4 is 29.1 Å². The third kappa shape index (κ3) is 7.19. The lowest BCUT2D eigenvalue weighted by Crippen LogP contribution is -2.47. The van der Waals surface area contributed by atoms with E-state index in [1.165, 1.54) is 19.1 Å². The number of hydrogen-bond donors (Lipinski definition) is 4. The van der Waals surface area contributed by atoms with Gasteiger partial charge in [0.05, 0.1) is 30.6 Å². The zero-order chi connectivity index (χ0) is 29.8. The molecule has 0 spiro atoms. The predicted octanol–water partition coefficient (Wildman–Crippen LogP) is 3.07. The number of rotatable bonds is 10. The second-order valence-corrected chi connectivity index (χ2v) is 10.3. The molecule has 0 radical (unpaired) electrons. The van der Waals surface area contributed by atoms with Crippen LogP contribution >= 0.6 is 11.6 Å². The molecule has 1 aliphatic heterocycles. The summed E-state index contributed by atoms with van der Waals surface area (Å²) in [4.78, 5) is 28.0. The summed E-state index contributed by atoms with van der Waals surface area (Å²) in [5.41, 5.74) is 3.42. The normalized spacial score (nSPS) is 14.9. The molecular weight excluding hydrogens is 563 g/mol. The van der Waals surface area contributed by atoms with Crippen molar-refractivity contribution in [1.82, 2.24) is 10.2 Å². The van der Waals surface area contributed by atoms with Gasteiger partial charge in [0.2, 0.25) is 5.91 Å². The number of primary amides is 1. The van der Waals surface area contributed by atoms with Crippen LogP contribution in [0, 0.1) is 17.0 Å². The molecule has 1 aliphatic rings. The minimum atomic E-state index is -4.28. The summed E-state index contributed by atoms with van der Waals surface area (Å²) < 4.78 is 68.2. The van der Waals surface area contributed by atoms with Gasteiger partial charge < -0.3 is 26.2 Å². The van der Waals surface area contributed by atoms with E-state index in [0.717, 1.165) is 6.07 Å². The van der Waals surface area contributed by atoms with Gasteiger partial charge in [0.1, 0.15) is 0 Å². The van der Waals surface area contributed by atoms with Crippen molar-refractivity contribution in [2.75, 3.05) is 50.8 Å². The summed E-state index contributed by atoms with van der Waals surface area (Å²) in [5, 5.41) is 21.7. The van der Waals surface area contributed by atoms with Crippen LogP contribution in [-0.2, 0) is 11.3 Å². The lowest BCUT2D eigenvalue weighted by Gasteiger charge is -2.37. The number of carbonyl (C=O) groups excluding carboxylic acids is 2. The third-order valence-electron chi connectivity index (χ3n) is 6.92. The van der Waals surface area contributed by atoms with Crippen molar-refractivity contribution in [3.8, 4) is 11.1 Å². The highest BCUT2D eigenvalue weighted by atomic mass is 35.5. The van der Waals surface area contributed by atoms with Gasteiger partial charge >= 0.3 is 6.18 Å². The molecule has 8 nitrogen and oxygen atoms in total. The third-order valence-corrected chi connectivity index (χ3v) is 7.15. The Morgan fingerprint density at radius 3 is 2.20 bits per heavy atom. The van der Waals surface area contributed by atoms with Crippen LogP contribution in [-0.4, -0.2) is 79.0 Å². The number of nitrogens with one attached hydrogen (secondary N) is 1. The van der Waals surface area contributed by atoms with Crippen molar-refractivity contribution < 1.29 is 41.8 Å².